The predicted molar refractivity (Wildman–Crippen MR) is 54.5 cm³/mol. The molecule has 1 heterocycles. The summed E-state index contributed by atoms with van der Waals surface area (Å²) in [5, 5.41) is 9.26. The third-order valence-electron chi connectivity index (χ3n) is 2.36. The fraction of sp³-hybridized carbons (Fsp3) is 0.182. The number of hydrogen-bond acceptors (Lipinski definition) is 1. The average Bonchev–Trinajstić information content (AvgIpc) is 2.53. The van der Waals surface area contributed by atoms with E-state index < -0.39 is 18.9 Å². The van der Waals surface area contributed by atoms with E-state index in [1.165, 1.54) is 6.07 Å². The summed E-state index contributed by atoms with van der Waals surface area (Å²) in [6.07, 6.45) is -0.404. The third kappa shape index (κ3) is 1.76. The van der Waals surface area contributed by atoms with Crippen molar-refractivity contribution in [3.8, 4) is 0 Å². The fourth-order valence-electron chi connectivity index (χ4n) is 1.75. The first kappa shape index (κ1) is 10.6. The van der Waals surface area contributed by atoms with E-state index in [4.69, 9.17) is 5.11 Å². The van der Waals surface area contributed by atoms with E-state index >= 15 is 0 Å². The highest BCUT2D eigenvalue weighted by Gasteiger charge is 2.17. The van der Waals surface area contributed by atoms with E-state index in [1.807, 2.05) is 0 Å². The predicted octanol–water partition coefficient (Wildman–Crippen LogP) is 2.66. The van der Waals surface area contributed by atoms with Crippen LogP contribution in [0.4, 0.5) is 8.78 Å². The minimum atomic E-state index is -2.73. The van der Waals surface area contributed by atoms with Crippen molar-refractivity contribution < 1.29 is 18.7 Å². The van der Waals surface area contributed by atoms with Crippen molar-refractivity contribution in [2.75, 3.05) is 0 Å². The molecule has 3 nitrogen and oxygen atoms in total. The van der Waals surface area contributed by atoms with Crippen LogP contribution < -0.4 is 0 Å². The normalized spacial score (nSPS) is 11.2. The molecule has 1 aromatic carbocycles. The van der Waals surface area contributed by atoms with Gasteiger partial charge in [0.2, 0.25) is 0 Å². The third-order valence-corrected chi connectivity index (χ3v) is 2.36. The van der Waals surface area contributed by atoms with Crippen LogP contribution in [0.25, 0.3) is 10.9 Å². The van der Waals surface area contributed by atoms with E-state index in [0.717, 1.165) is 4.57 Å². The van der Waals surface area contributed by atoms with Gasteiger partial charge in [0.25, 0.3) is 0 Å². The molecule has 0 radical (unpaired) electrons. The quantitative estimate of drug-likeness (QED) is 0.872. The van der Waals surface area contributed by atoms with Gasteiger partial charge in [0, 0.05) is 11.1 Å². The molecule has 0 unspecified atom stereocenters. The van der Waals surface area contributed by atoms with Gasteiger partial charge in [-0.25, -0.2) is 0 Å². The summed E-state index contributed by atoms with van der Waals surface area (Å²) in [5.74, 6) is -1.12. The molecular weight excluding hydrogens is 216 g/mol. The van der Waals surface area contributed by atoms with Gasteiger partial charge in [0.1, 0.15) is 0 Å². The molecule has 0 aliphatic carbocycles. The zero-order chi connectivity index (χ0) is 11.7. The summed E-state index contributed by atoms with van der Waals surface area (Å²) >= 11 is 0. The molecule has 0 aliphatic rings. The zero-order valence-corrected chi connectivity index (χ0v) is 8.23. The van der Waals surface area contributed by atoms with Crippen molar-refractivity contribution in [3.05, 3.63) is 36.0 Å². The number of nitrogens with zero attached hydrogens (tertiary/aromatic N) is 1. The van der Waals surface area contributed by atoms with Crippen molar-refractivity contribution >= 4 is 16.9 Å². The first-order chi connectivity index (χ1) is 7.59. The Balaban J connectivity index is 2.63. The van der Waals surface area contributed by atoms with Crippen LogP contribution >= 0.6 is 0 Å². The van der Waals surface area contributed by atoms with E-state index in [-0.39, 0.29) is 5.69 Å². The number of fused-ring (bicyclic) bond motifs is 1. The van der Waals surface area contributed by atoms with Crippen LogP contribution in [0.3, 0.4) is 0 Å². The van der Waals surface area contributed by atoms with Gasteiger partial charge in [-0.3, -0.25) is 9.36 Å². The number of carboxylic acid groups (broad SMARTS) is 1. The maximum atomic E-state index is 12.8. The van der Waals surface area contributed by atoms with Crippen molar-refractivity contribution in [3.63, 3.8) is 0 Å². The maximum absolute atomic E-state index is 12.8. The Morgan fingerprint density at radius 2 is 2.06 bits per heavy atom. The number of aliphatic carboxylic acids is 1. The summed E-state index contributed by atoms with van der Waals surface area (Å²) in [6.45, 7) is -2.73. The first-order valence-electron chi connectivity index (χ1n) is 4.68. The first-order valence-corrected chi connectivity index (χ1v) is 4.68. The van der Waals surface area contributed by atoms with Crippen LogP contribution in [-0.4, -0.2) is 15.6 Å². The van der Waals surface area contributed by atoms with Gasteiger partial charge in [-0.15, -0.1) is 0 Å². The molecule has 2 rings (SSSR count). The van der Waals surface area contributed by atoms with Crippen molar-refractivity contribution in [1.29, 1.82) is 0 Å². The van der Waals surface area contributed by atoms with Crippen LogP contribution in [0, 0.1) is 0 Å². The average molecular weight is 225 g/mol. The van der Waals surface area contributed by atoms with Crippen LogP contribution in [0.1, 0.15) is 12.2 Å². The number of carbonyl (C=O) groups is 1. The largest absolute Gasteiger partial charge is 0.481 e. The van der Waals surface area contributed by atoms with E-state index in [9.17, 15) is 13.6 Å². The molecule has 0 spiro atoms. The number of benzene rings is 1. The van der Waals surface area contributed by atoms with Gasteiger partial charge in [-0.05, 0) is 12.1 Å². The molecule has 0 atom stereocenters. The van der Waals surface area contributed by atoms with E-state index in [0.29, 0.717) is 10.9 Å². The molecule has 0 bridgehead atoms. The zero-order valence-electron chi connectivity index (χ0n) is 8.23. The molecule has 2 aromatic rings. The highest BCUT2D eigenvalue weighted by atomic mass is 19.3. The van der Waals surface area contributed by atoms with Gasteiger partial charge in [0.05, 0.1) is 11.9 Å². The summed E-state index contributed by atoms with van der Waals surface area (Å²) in [5.41, 5.74) is 0.470. The minimum Gasteiger partial charge on any atom is -0.481 e. The Labute approximate surface area is 89.9 Å². The monoisotopic (exact) mass is 225 g/mol. The summed E-state index contributed by atoms with van der Waals surface area (Å²) in [6, 6.07) is 8.08. The summed E-state index contributed by atoms with van der Waals surface area (Å²) in [4.78, 5) is 10.6. The Hall–Kier alpha value is -1.91. The van der Waals surface area contributed by atoms with E-state index in [1.54, 1.807) is 24.3 Å². The molecule has 0 saturated heterocycles. The minimum absolute atomic E-state index is 0.115. The number of carboxylic acids is 1. The summed E-state index contributed by atoms with van der Waals surface area (Å²) < 4.78 is 26.4. The van der Waals surface area contributed by atoms with E-state index in [2.05, 4.69) is 0 Å². The van der Waals surface area contributed by atoms with Gasteiger partial charge in [-0.2, -0.15) is 8.78 Å². The molecule has 0 amide bonds. The Bertz CT molecular complexity index is 534. The molecule has 0 aliphatic heterocycles. The SMILES string of the molecule is O=C(O)Cc1cc2ccccc2n1C(F)F. The molecule has 84 valence electrons. The Morgan fingerprint density at radius 1 is 1.38 bits per heavy atom. The number of alkyl halides is 2. The fourth-order valence-corrected chi connectivity index (χ4v) is 1.75. The van der Waals surface area contributed by atoms with Crippen LogP contribution in [-0.2, 0) is 11.2 Å². The van der Waals surface area contributed by atoms with Crippen LogP contribution in [0.2, 0.25) is 0 Å². The molecule has 16 heavy (non-hydrogen) atoms. The molecule has 0 fully saturated rings. The van der Waals surface area contributed by atoms with Crippen LogP contribution in [0.5, 0.6) is 0 Å². The summed E-state index contributed by atoms with van der Waals surface area (Å²) in [7, 11) is 0. The number of halogens is 2. The Morgan fingerprint density at radius 3 is 2.69 bits per heavy atom. The second kappa shape index (κ2) is 3.92. The number of hydrogen-bond donors (Lipinski definition) is 1. The van der Waals surface area contributed by atoms with Crippen molar-refractivity contribution in [2.24, 2.45) is 0 Å². The van der Waals surface area contributed by atoms with Gasteiger partial charge >= 0.3 is 12.5 Å². The number of aromatic nitrogens is 1. The second-order valence-electron chi connectivity index (χ2n) is 3.41. The van der Waals surface area contributed by atoms with Gasteiger partial charge in [-0.1, -0.05) is 18.2 Å². The number of rotatable bonds is 3. The lowest BCUT2D eigenvalue weighted by atomic mass is 10.2. The lowest BCUT2D eigenvalue weighted by Crippen LogP contribution is -2.08. The molecule has 1 N–H and O–H groups in total. The number of para-hydroxylation sites is 1. The maximum Gasteiger partial charge on any atom is 0.319 e. The highest BCUT2D eigenvalue weighted by molar-refractivity contribution is 5.83. The second-order valence-corrected chi connectivity index (χ2v) is 3.41. The van der Waals surface area contributed by atoms with Gasteiger partial charge in [0.15, 0.2) is 0 Å². The molecule has 5 heteroatoms. The lowest BCUT2D eigenvalue weighted by Gasteiger charge is -2.07. The van der Waals surface area contributed by atoms with Crippen LogP contribution in [0.15, 0.2) is 30.3 Å². The van der Waals surface area contributed by atoms with Crippen molar-refractivity contribution in [1.82, 2.24) is 4.57 Å². The molecule has 0 saturated carbocycles. The standard InChI is InChI=1S/C11H9F2NO2/c12-11(13)14-8(6-10(15)16)5-7-3-1-2-4-9(7)14/h1-5,11H,6H2,(H,15,16). The molecule has 1 aromatic heterocycles. The topological polar surface area (TPSA) is 42.2 Å². The Kier molecular flexibility index (Phi) is 2.60. The highest BCUT2D eigenvalue weighted by Crippen LogP contribution is 2.25. The smallest absolute Gasteiger partial charge is 0.319 e. The van der Waals surface area contributed by atoms with Crippen molar-refractivity contribution in [2.45, 2.75) is 13.0 Å². The van der Waals surface area contributed by atoms with Gasteiger partial charge < -0.3 is 5.11 Å². The molecular formula is C11H9F2NO2. The lowest BCUT2D eigenvalue weighted by molar-refractivity contribution is -0.136.